The Balaban J connectivity index is 0.911. The number of carbonyl (C=O) groups is 2. The highest BCUT2D eigenvalue weighted by molar-refractivity contribution is 7.16. The summed E-state index contributed by atoms with van der Waals surface area (Å²) in [4.78, 5) is 41.6. The molecule has 1 saturated heterocycles. The molecule has 0 saturated carbocycles. The van der Waals surface area contributed by atoms with Crippen molar-refractivity contribution in [1.82, 2.24) is 20.5 Å². The standard InChI is InChI=1S/C37H38F2N6O4S/c38-28-21-31(29(39)20-25(28)22-40-16-12-24-10-11-32(46)34-35(24)50-37(49)44-34)42-33(47)15-19-45-17-13-26(14-18-45)41-36(48)43-30-9-5-4-8-27(30)23-6-2-1-3-7-23/h1-11,20-21,26,40,46H,12-19,22H2,(H,42,47)(H,44,49)(H2,41,43,48). The number of amides is 3. The highest BCUT2D eigenvalue weighted by Gasteiger charge is 2.22. The summed E-state index contributed by atoms with van der Waals surface area (Å²) in [7, 11) is 0. The second-order valence-electron chi connectivity index (χ2n) is 12.2. The van der Waals surface area contributed by atoms with Gasteiger partial charge in [-0.15, -0.1) is 0 Å². The van der Waals surface area contributed by atoms with E-state index in [1.54, 1.807) is 6.07 Å². The zero-order valence-electron chi connectivity index (χ0n) is 27.2. The van der Waals surface area contributed by atoms with E-state index in [1.165, 1.54) is 6.07 Å². The summed E-state index contributed by atoms with van der Waals surface area (Å²) < 4.78 is 30.4. The van der Waals surface area contributed by atoms with Gasteiger partial charge >= 0.3 is 10.9 Å². The van der Waals surface area contributed by atoms with E-state index >= 15 is 0 Å². The maximum Gasteiger partial charge on any atom is 0.319 e. The van der Waals surface area contributed by atoms with Crippen LogP contribution in [0.2, 0.25) is 0 Å². The second-order valence-corrected chi connectivity index (χ2v) is 13.2. The van der Waals surface area contributed by atoms with Crippen LogP contribution in [0.1, 0.15) is 30.4 Å². The van der Waals surface area contributed by atoms with Gasteiger partial charge in [-0.25, -0.2) is 13.6 Å². The average molecular weight is 701 g/mol. The van der Waals surface area contributed by atoms with Crippen LogP contribution in [0.15, 0.2) is 83.7 Å². The fraction of sp³-hybridized carbons (Fsp3) is 0.270. The van der Waals surface area contributed by atoms with Crippen molar-refractivity contribution >= 4 is 44.9 Å². The van der Waals surface area contributed by atoms with Crippen molar-refractivity contribution in [2.24, 2.45) is 0 Å². The first-order valence-electron chi connectivity index (χ1n) is 16.5. The lowest BCUT2D eigenvalue weighted by Crippen LogP contribution is -2.46. The lowest BCUT2D eigenvalue weighted by atomic mass is 10.0. The largest absolute Gasteiger partial charge is 0.506 e. The Kier molecular flexibility index (Phi) is 11.2. The molecule has 0 aliphatic carbocycles. The third kappa shape index (κ3) is 8.72. The maximum atomic E-state index is 14.9. The molecular weight excluding hydrogens is 663 g/mol. The van der Waals surface area contributed by atoms with Gasteiger partial charge in [0.1, 0.15) is 22.9 Å². The molecule has 1 aliphatic heterocycles. The number of urea groups is 1. The molecule has 50 heavy (non-hydrogen) atoms. The molecule has 0 atom stereocenters. The van der Waals surface area contributed by atoms with Crippen LogP contribution in [0.25, 0.3) is 21.3 Å². The van der Waals surface area contributed by atoms with Crippen LogP contribution in [0, 0.1) is 11.6 Å². The Labute approximate surface area is 291 Å². The Morgan fingerprint density at radius 3 is 2.46 bits per heavy atom. The summed E-state index contributed by atoms with van der Waals surface area (Å²) in [6, 6.07) is 22.5. The van der Waals surface area contributed by atoms with Gasteiger partial charge in [0.15, 0.2) is 0 Å². The van der Waals surface area contributed by atoms with Crippen molar-refractivity contribution in [3.63, 3.8) is 0 Å². The number of phenolic OH excluding ortho intramolecular Hbond substituents is 1. The second kappa shape index (κ2) is 16.1. The number of piperidine rings is 1. The predicted molar refractivity (Wildman–Crippen MR) is 193 cm³/mol. The van der Waals surface area contributed by atoms with E-state index < -0.39 is 17.5 Å². The molecule has 1 aromatic heterocycles. The quantitative estimate of drug-likeness (QED) is 0.0860. The smallest absolute Gasteiger partial charge is 0.319 e. The number of benzene rings is 4. The Hall–Kier alpha value is -5.11. The molecule has 0 spiro atoms. The molecule has 4 aromatic carbocycles. The van der Waals surface area contributed by atoms with Gasteiger partial charge in [-0.1, -0.05) is 65.9 Å². The van der Waals surface area contributed by atoms with Crippen LogP contribution in [0.4, 0.5) is 25.0 Å². The van der Waals surface area contributed by atoms with Crippen molar-refractivity contribution < 1.29 is 23.5 Å². The Morgan fingerprint density at radius 2 is 1.66 bits per heavy atom. The van der Waals surface area contributed by atoms with Crippen molar-refractivity contribution in [3.8, 4) is 16.9 Å². The number of aromatic hydroxyl groups is 1. The number of aromatic amines is 1. The normalized spacial score (nSPS) is 13.7. The molecule has 1 fully saturated rings. The van der Waals surface area contributed by atoms with E-state index in [-0.39, 0.29) is 46.9 Å². The number of nitrogens with zero attached hydrogens (tertiary/aromatic N) is 1. The van der Waals surface area contributed by atoms with Gasteiger partial charge in [-0.2, -0.15) is 0 Å². The molecule has 0 radical (unpaired) electrons. The molecule has 13 heteroatoms. The number of aromatic nitrogens is 1. The molecule has 0 unspecified atom stereocenters. The van der Waals surface area contributed by atoms with Crippen LogP contribution in [0.3, 0.4) is 0 Å². The summed E-state index contributed by atoms with van der Waals surface area (Å²) in [6.45, 7) is 2.32. The number of phenols is 1. The number of likely N-dealkylation sites (tertiary alicyclic amines) is 1. The summed E-state index contributed by atoms with van der Waals surface area (Å²) in [5.41, 5.74) is 3.82. The number of thiazole rings is 1. The first kappa shape index (κ1) is 34.7. The molecule has 2 heterocycles. The molecule has 1 aliphatic rings. The van der Waals surface area contributed by atoms with Crippen molar-refractivity contribution in [3.05, 3.63) is 111 Å². The summed E-state index contributed by atoms with van der Waals surface area (Å²) in [5.74, 6) is -1.80. The molecule has 260 valence electrons. The van der Waals surface area contributed by atoms with Gasteiger partial charge in [-0.05, 0) is 55.1 Å². The van der Waals surface area contributed by atoms with E-state index in [0.717, 1.165) is 58.7 Å². The topological polar surface area (TPSA) is 139 Å². The molecule has 6 rings (SSSR count). The summed E-state index contributed by atoms with van der Waals surface area (Å²) in [6.07, 6.45) is 2.06. The van der Waals surface area contributed by atoms with Gasteiger partial charge < -0.3 is 36.3 Å². The van der Waals surface area contributed by atoms with Crippen LogP contribution in [0.5, 0.6) is 5.75 Å². The minimum Gasteiger partial charge on any atom is -0.506 e. The molecule has 3 amide bonds. The molecule has 6 N–H and O–H groups in total. The Morgan fingerprint density at radius 1 is 0.900 bits per heavy atom. The summed E-state index contributed by atoms with van der Waals surface area (Å²) >= 11 is 1.01. The van der Waals surface area contributed by atoms with E-state index in [4.69, 9.17) is 0 Å². The first-order chi connectivity index (χ1) is 24.2. The number of halogens is 2. The van der Waals surface area contributed by atoms with Crippen LogP contribution in [-0.2, 0) is 17.8 Å². The number of hydrogen-bond acceptors (Lipinski definition) is 7. The molecule has 5 aromatic rings. The zero-order chi connectivity index (χ0) is 35.0. The van der Waals surface area contributed by atoms with Gasteiger partial charge in [-0.3, -0.25) is 9.59 Å². The fourth-order valence-corrected chi connectivity index (χ4v) is 7.01. The van der Waals surface area contributed by atoms with Crippen LogP contribution >= 0.6 is 11.3 Å². The third-order valence-electron chi connectivity index (χ3n) is 8.77. The fourth-order valence-electron chi connectivity index (χ4n) is 6.11. The highest BCUT2D eigenvalue weighted by Crippen LogP contribution is 2.29. The number of rotatable bonds is 12. The number of anilines is 2. The monoisotopic (exact) mass is 700 g/mol. The van der Waals surface area contributed by atoms with Gasteiger partial charge in [0, 0.05) is 55.8 Å². The van der Waals surface area contributed by atoms with Gasteiger partial charge in [0.05, 0.1) is 16.1 Å². The summed E-state index contributed by atoms with van der Waals surface area (Å²) in [5, 5.41) is 21.6. The van der Waals surface area contributed by atoms with E-state index in [2.05, 4.69) is 31.2 Å². The number of hydrogen-bond donors (Lipinski definition) is 6. The van der Waals surface area contributed by atoms with Gasteiger partial charge in [0.25, 0.3) is 0 Å². The van der Waals surface area contributed by atoms with Crippen LogP contribution in [-0.4, -0.2) is 59.1 Å². The van der Waals surface area contributed by atoms with Crippen LogP contribution < -0.4 is 26.1 Å². The zero-order valence-corrected chi connectivity index (χ0v) is 28.0. The number of nitrogens with one attached hydrogen (secondary N) is 5. The number of carbonyl (C=O) groups excluding carboxylic acids is 2. The van der Waals surface area contributed by atoms with Crippen molar-refractivity contribution in [2.45, 2.75) is 38.3 Å². The number of H-pyrrole nitrogens is 1. The lowest BCUT2D eigenvalue weighted by Gasteiger charge is -2.32. The molecular formula is C37H38F2N6O4S. The minimum atomic E-state index is -0.731. The van der Waals surface area contributed by atoms with Gasteiger partial charge in [0.2, 0.25) is 5.91 Å². The third-order valence-corrected chi connectivity index (χ3v) is 9.73. The minimum absolute atomic E-state index is 0.00219. The molecule has 0 bridgehead atoms. The average Bonchev–Trinajstić information content (AvgIpc) is 3.52. The first-order valence-corrected chi connectivity index (χ1v) is 17.3. The lowest BCUT2D eigenvalue weighted by molar-refractivity contribution is -0.116. The van der Waals surface area contributed by atoms with E-state index in [0.29, 0.717) is 42.8 Å². The predicted octanol–water partition coefficient (Wildman–Crippen LogP) is 6.19. The maximum absolute atomic E-state index is 14.9. The SMILES string of the molecule is O=C(CCN1CCC(NC(=O)Nc2ccccc2-c2ccccc2)CC1)Nc1cc(F)c(CNCCc2ccc(O)c3[nH]c(=O)sc23)cc1F. The molecule has 10 nitrogen and oxygen atoms in total. The highest BCUT2D eigenvalue weighted by atomic mass is 32.1. The van der Waals surface area contributed by atoms with E-state index in [1.807, 2.05) is 54.6 Å². The number of para-hydroxylation sites is 1. The van der Waals surface area contributed by atoms with Crippen molar-refractivity contribution in [1.29, 1.82) is 0 Å². The number of fused-ring (bicyclic) bond motifs is 1. The van der Waals surface area contributed by atoms with Crippen molar-refractivity contribution in [2.75, 3.05) is 36.8 Å². The Bertz CT molecular complexity index is 2030. The van der Waals surface area contributed by atoms with E-state index in [9.17, 15) is 28.3 Å².